The highest BCUT2D eigenvalue weighted by atomic mass is 16.4. The Kier molecular flexibility index (Phi) is 4.11. The van der Waals surface area contributed by atoms with Gasteiger partial charge in [0, 0.05) is 12.3 Å². The van der Waals surface area contributed by atoms with Crippen molar-refractivity contribution in [1.29, 1.82) is 0 Å². The van der Waals surface area contributed by atoms with Crippen LogP contribution in [0.15, 0.2) is 48.7 Å². The maximum absolute atomic E-state index is 12.7. The molecule has 6 heteroatoms. The number of fused-ring (bicyclic) bond motifs is 2. The second-order valence-electron chi connectivity index (χ2n) is 7.15. The van der Waals surface area contributed by atoms with Crippen molar-refractivity contribution in [2.24, 2.45) is 23.7 Å². The van der Waals surface area contributed by atoms with Gasteiger partial charge in [-0.05, 0) is 36.3 Å². The molecule has 2 N–H and O–H groups in total. The number of benzene rings is 1. The Hall–Kier alpha value is -2.89. The maximum atomic E-state index is 12.7. The SMILES string of the molecule is Cc1ccccc1Cn1ccc(NC(=O)[C@@H]2[C@@H](C(=O)O)[C@H]3C=C[C@H]2C3)n1. The van der Waals surface area contributed by atoms with Crippen LogP contribution in [-0.2, 0) is 16.1 Å². The van der Waals surface area contributed by atoms with Gasteiger partial charge in [0.2, 0.25) is 5.91 Å². The van der Waals surface area contributed by atoms with E-state index in [0.717, 1.165) is 12.0 Å². The fraction of sp³-hybridized carbons (Fsp3) is 0.350. The van der Waals surface area contributed by atoms with Crippen LogP contribution in [0.4, 0.5) is 5.82 Å². The molecule has 0 radical (unpaired) electrons. The lowest BCUT2D eigenvalue weighted by atomic mass is 9.82. The molecule has 1 amide bonds. The van der Waals surface area contributed by atoms with Gasteiger partial charge in [-0.1, -0.05) is 36.4 Å². The second-order valence-corrected chi connectivity index (χ2v) is 7.15. The zero-order valence-electron chi connectivity index (χ0n) is 14.5. The maximum Gasteiger partial charge on any atom is 0.307 e. The fourth-order valence-corrected chi connectivity index (χ4v) is 4.20. The van der Waals surface area contributed by atoms with E-state index in [4.69, 9.17) is 0 Å². The number of amides is 1. The highest BCUT2D eigenvalue weighted by Crippen LogP contribution is 2.48. The molecule has 2 aliphatic carbocycles. The van der Waals surface area contributed by atoms with E-state index in [9.17, 15) is 14.7 Å². The van der Waals surface area contributed by atoms with Gasteiger partial charge < -0.3 is 10.4 Å². The number of aryl methyl sites for hydroxylation is 1. The normalized spacial score (nSPS) is 26.2. The summed E-state index contributed by atoms with van der Waals surface area (Å²) >= 11 is 0. The predicted molar refractivity (Wildman–Crippen MR) is 96.5 cm³/mol. The average molecular weight is 351 g/mol. The zero-order chi connectivity index (χ0) is 18.3. The minimum atomic E-state index is -0.896. The molecule has 0 unspecified atom stereocenters. The third kappa shape index (κ3) is 2.92. The van der Waals surface area contributed by atoms with Crippen molar-refractivity contribution in [3.8, 4) is 0 Å². The third-order valence-corrected chi connectivity index (χ3v) is 5.53. The fourth-order valence-electron chi connectivity index (χ4n) is 4.20. The molecule has 4 rings (SSSR count). The van der Waals surface area contributed by atoms with E-state index in [0.29, 0.717) is 12.4 Å². The van der Waals surface area contributed by atoms with E-state index in [1.807, 2.05) is 36.5 Å². The molecule has 1 aromatic carbocycles. The van der Waals surface area contributed by atoms with E-state index < -0.39 is 17.8 Å². The lowest BCUT2D eigenvalue weighted by molar-refractivity contribution is -0.146. The van der Waals surface area contributed by atoms with Gasteiger partial charge in [-0.15, -0.1) is 0 Å². The van der Waals surface area contributed by atoms with Gasteiger partial charge >= 0.3 is 5.97 Å². The van der Waals surface area contributed by atoms with E-state index in [1.54, 1.807) is 10.7 Å². The Morgan fingerprint density at radius 3 is 2.65 bits per heavy atom. The number of rotatable bonds is 5. The molecule has 2 aliphatic rings. The minimum Gasteiger partial charge on any atom is -0.481 e. The molecular formula is C20H21N3O3. The van der Waals surface area contributed by atoms with Crippen LogP contribution < -0.4 is 5.32 Å². The van der Waals surface area contributed by atoms with Crippen LogP contribution in [0.5, 0.6) is 0 Å². The number of nitrogens with one attached hydrogen (secondary N) is 1. The highest BCUT2D eigenvalue weighted by molar-refractivity contribution is 5.95. The number of aromatic nitrogens is 2. The van der Waals surface area contributed by atoms with Gasteiger partial charge in [-0.3, -0.25) is 14.3 Å². The monoisotopic (exact) mass is 351 g/mol. The smallest absolute Gasteiger partial charge is 0.307 e. The molecule has 134 valence electrons. The quantitative estimate of drug-likeness (QED) is 0.811. The molecule has 0 spiro atoms. The van der Waals surface area contributed by atoms with Crippen molar-refractivity contribution in [1.82, 2.24) is 9.78 Å². The van der Waals surface area contributed by atoms with E-state index in [-0.39, 0.29) is 17.7 Å². The molecular weight excluding hydrogens is 330 g/mol. The third-order valence-electron chi connectivity index (χ3n) is 5.53. The molecule has 0 aliphatic heterocycles. The molecule has 1 fully saturated rings. The number of hydrogen-bond donors (Lipinski definition) is 2. The summed E-state index contributed by atoms with van der Waals surface area (Å²) in [7, 11) is 0. The summed E-state index contributed by atoms with van der Waals surface area (Å²) < 4.78 is 1.77. The first-order valence-corrected chi connectivity index (χ1v) is 8.83. The Bertz CT molecular complexity index is 886. The van der Waals surface area contributed by atoms with Crippen molar-refractivity contribution in [3.63, 3.8) is 0 Å². The molecule has 0 saturated heterocycles. The number of carbonyl (C=O) groups excluding carboxylic acids is 1. The summed E-state index contributed by atoms with van der Waals surface area (Å²) in [5.74, 6) is -1.88. The van der Waals surface area contributed by atoms with Crippen LogP contribution in [0, 0.1) is 30.6 Å². The van der Waals surface area contributed by atoms with Gasteiger partial charge in [-0.25, -0.2) is 0 Å². The molecule has 1 aromatic heterocycles. The number of allylic oxidation sites excluding steroid dienone is 2. The first-order valence-electron chi connectivity index (χ1n) is 8.83. The number of carboxylic acids is 1. The van der Waals surface area contributed by atoms with E-state index >= 15 is 0 Å². The Balaban J connectivity index is 1.46. The van der Waals surface area contributed by atoms with E-state index in [1.165, 1.54) is 5.56 Å². The summed E-state index contributed by atoms with van der Waals surface area (Å²) in [5, 5.41) is 16.7. The largest absolute Gasteiger partial charge is 0.481 e. The van der Waals surface area contributed by atoms with Crippen LogP contribution >= 0.6 is 0 Å². The lowest BCUT2D eigenvalue weighted by Crippen LogP contribution is -2.36. The Labute approximate surface area is 151 Å². The molecule has 2 bridgehead atoms. The average Bonchev–Trinajstić information content (AvgIpc) is 3.32. The summed E-state index contributed by atoms with van der Waals surface area (Å²) in [6.07, 6.45) is 6.48. The lowest BCUT2D eigenvalue weighted by Gasteiger charge is -2.23. The van der Waals surface area contributed by atoms with Crippen LogP contribution in [0.2, 0.25) is 0 Å². The van der Waals surface area contributed by atoms with Crippen LogP contribution in [0.1, 0.15) is 17.5 Å². The van der Waals surface area contributed by atoms with Gasteiger partial charge in [0.15, 0.2) is 5.82 Å². The minimum absolute atomic E-state index is 0.00940. The van der Waals surface area contributed by atoms with Crippen molar-refractivity contribution >= 4 is 17.7 Å². The Morgan fingerprint density at radius 2 is 1.92 bits per heavy atom. The van der Waals surface area contributed by atoms with Crippen LogP contribution in [-0.4, -0.2) is 26.8 Å². The van der Waals surface area contributed by atoms with E-state index in [2.05, 4.69) is 23.4 Å². The van der Waals surface area contributed by atoms with Crippen molar-refractivity contribution < 1.29 is 14.7 Å². The Morgan fingerprint density at radius 1 is 1.19 bits per heavy atom. The molecule has 6 nitrogen and oxygen atoms in total. The number of carboxylic acid groups (broad SMARTS) is 1. The van der Waals surface area contributed by atoms with Gasteiger partial charge in [-0.2, -0.15) is 5.10 Å². The predicted octanol–water partition coefficient (Wildman–Crippen LogP) is 2.70. The zero-order valence-corrected chi connectivity index (χ0v) is 14.5. The van der Waals surface area contributed by atoms with Crippen molar-refractivity contribution in [3.05, 3.63) is 59.8 Å². The topological polar surface area (TPSA) is 84.2 Å². The highest BCUT2D eigenvalue weighted by Gasteiger charge is 2.51. The molecule has 1 heterocycles. The summed E-state index contributed by atoms with van der Waals surface area (Å²) in [6, 6.07) is 9.83. The number of nitrogens with zero attached hydrogens (tertiary/aromatic N) is 2. The molecule has 26 heavy (non-hydrogen) atoms. The van der Waals surface area contributed by atoms with Crippen molar-refractivity contribution in [2.45, 2.75) is 19.9 Å². The molecule has 4 atom stereocenters. The van der Waals surface area contributed by atoms with Crippen LogP contribution in [0.25, 0.3) is 0 Å². The summed E-state index contributed by atoms with van der Waals surface area (Å²) in [4.78, 5) is 24.2. The number of anilines is 1. The molecule has 2 aromatic rings. The number of aliphatic carboxylic acids is 1. The van der Waals surface area contributed by atoms with Crippen molar-refractivity contribution in [2.75, 3.05) is 5.32 Å². The summed E-state index contributed by atoms with van der Waals surface area (Å²) in [6.45, 7) is 2.67. The second kappa shape index (κ2) is 6.44. The van der Waals surface area contributed by atoms with Gasteiger partial charge in [0.05, 0.1) is 18.4 Å². The van der Waals surface area contributed by atoms with Gasteiger partial charge in [0.1, 0.15) is 0 Å². The van der Waals surface area contributed by atoms with Crippen LogP contribution in [0.3, 0.4) is 0 Å². The number of hydrogen-bond acceptors (Lipinski definition) is 3. The molecule has 1 saturated carbocycles. The van der Waals surface area contributed by atoms with Gasteiger partial charge in [0.25, 0.3) is 0 Å². The standard InChI is InChI=1S/C20H21N3O3/c1-12-4-2-3-5-15(12)11-23-9-8-16(22-23)21-19(24)17-13-6-7-14(10-13)18(17)20(25)26/h2-9,13-14,17-18H,10-11H2,1H3,(H,25,26)(H,21,22,24)/t13-,14-,17-,18-/m0/s1. The number of carbonyl (C=O) groups is 2. The first-order chi connectivity index (χ1) is 12.5. The first kappa shape index (κ1) is 16.6. The summed E-state index contributed by atoms with van der Waals surface area (Å²) in [5.41, 5.74) is 2.35.